The highest BCUT2D eigenvalue weighted by Crippen LogP contribution is 2.11. The first-order valence-corrected chi connectivity index (χ1v) is 4.27. The SMILES string of the molecule is Cc1cc(C(=O)O)[nH]c1CCCN. The number of nitrogens with two attached hydrogens (primary N) is 1. The van der Waals surface area contributed by atoms with E-state index in [2.05, 4.69) is 4.98 Å². The average Bonchev–Trinajstić information content (AvgIpc) is 2.44. The Morgan fingerprint density at radius 1 is 1.69 bits per heavy atom. The number of rotatable bonds is 4. The summed E-state index contributed by atoms with van der Waals surface area (Å²) in [6, 6.07) is 1.65. The van der Waals surface area contributed by atoms with Crippen LogP contribution in [-0.2, 0) is 6.42 Å². The number of carboxylic acids is 1. The van der Waals surface area contributed by atoms with Crippen molar-refractivity contribution in [1.82, 2.24) is 4.98 Å². The molecule has 0 aromatic carbocycles. The third-order valence-corrected chi connectivity index (χ3v) is 1.98. The van der Waals surface area contributed by atoms with Crippen LogP contribution >= 0.6 is 0 Å². The molecule has 13 heavy (non-hydrogen) atoms. The monoisotopic (exact) mass is 182 g/mol. The summed E-state index contributed by atoms with van der Waals surface area (Å²) in [7, 11) is 0. The van der Waals surface area contributed by atoms with Gasteiger partial charge in [-0.05, 0) is 37.9 Å². The molecule has 72 valence electrons. The molecule has 1 rings (SSSR count). The molecule has 0 fully saturated rings. The van der Waals surface area contributed by atoms with Crippen molar-refractivity contribution in [2.45, 2.75) is 19.8 Å². The van der Waals surface area contributed by atoms with Crippen molar-refractivity contribution in [2.24, 2.45) is 5.73 Å². The molecule has 0 aliphatic carbocycles. The molecule has 0 radical (unpaired) electrons. The van der Waals surface area contributed by atoms with Gasteiger partial charge in [-0.25, -0.2) is 4.79 Å². The Hall–Kier alpha value is -1.29. The van der Waals surface area contributed by atoms with Gasteiger partial charge in [-0.3, -0.25) is 0 Å². The lowest BCUT2D eigenvalue weighted by Gasteiger charge is -1.96. The smallest absolute Gasteiger partial charge is 0.352 e. The second kappa shape index (κ2) is 4.09. The Labute approximate surface area is 76.8 Å². The van der Waals surface area contributed by atoms with Gasteiger partial charge in [0.15, 0.2) is 0 Å². The molecule has 0 bridgehead atoms. The van der Waals surface area contributed by atoms with Gasteiger partial charge in [0.05, 0.1) is 0 Å². The van der Waals surface area contributed by atoms with Gasteiger partial charge in [-0.1, -0.05) is 0 Å². The van der Waals surface area contributed by atoms with Crippen LogP contribution in [0, 0.1) is 6.92 Å². The van der Waals surface area contributed by atoms with E-state index in [1.54, 1.807) is 6.07 Å². The summed E-state index contributed by atoms with van der Waals surface area (Å²) >= 11 is 0. The summed E-state index contributed by atoms with van der Waals surface area (Å²) in [4.78, 5) is 13.4. The highest BCUT2D eigenvalue weighted by atomic mass is 16.4. The fraction of sp³-hybridized carbons (Fsp3) is 0.444. The highest BCUT2D eigenvalue weighted by Gasteiger charge is 2.08. The van der Waals surface area contributed by atoms with E-state index in [4.69, 9.17) is 10.8 Å². The largest absolute Gasteiger partial charge is 0.477 e. The Bertz CT molecular complexity index is 305. The van der Waals surface area contributed by atoms with E-state index >= 15 is 0 Å². The van der Waals surface area contributed by atoms with Crippen molar-refractivity contribution in [3.63, 3.8) is 0 Å². The van der Waals surface area contributed by atoms with E-state index in [1.165, 1.54) is 0 Å². The fourth-order valence-corrected chi connectivity index (χ4v) is 1.25. The van der Waals surface area contributed by atoms with Crippen molar-refractivity contribution in [3.05, 3.63) is 23.0 Å². The summed E-state index contributed by atoms with van der Waals surface area (Å²) in [5, 5.41) is 8.69. The van der Waals surface area contributed by atoms with Gasteiger partial charge in [0.25, 0.3) is 0 Å². The van der Waals surface area contributed by atoms with E-state index in [0.717, 1.165) is 24.1 Å². The van der Waals surface area contributed by atoms with Crippen LogP contribution in [0.15, 0.2) is 6.07 Å². The number of aromatic carboxylic acids is 1. The van der Waals surface area contributed by atoms with E-state index in [-0.39, 0.29) is 5.69 Å². The van der Waals surface area contributed by atoms with Crippen molar-refractivity contribution in [3.8, 4) is 0 Å². The number of hydrogen-bond donors (Lipinski definition) is 3. The Morgan fingerprint density at radius 2 is 2.38 bits per heavy atom. The fourth-order valence-electron chi connectivity index (χ4n) is 1.25. The second-order valence-electron chi connectivity index (χ2n) is 3.04. The summed E-state index contributed by atoms with van der Waals surface area (Å²) in [6.07, 6.45) is 1.69. The van der Waals surface area contributed by atoms with E-state index < -0.39 is 5.97 Å². The molecule has 4 nitrogen and oxygen atoms in total. The summed E-state index contributed by atoms with van der Waals surface area (Å²) < 4.78 is 0. The number of aryl methyl sites for hydroxylation is 2. The van der Waals surface area contributed by atoms with Crippen LogP contribution in [0.1, 0.15) is 28.2 Å². The third kappa shape index (κ3) is 2.32. The maximum Gasteiger partial charge on any atom is 0.352 e. The minimum atomic E-state index is -0.915. The predicted molar refractivity (Wildman–Crippen MR) is 49.9 cm³/mol. The van der Waals surface area contributed by atoms with Crippen LogP contribution in [0.2, 0.25) is 0 Å². The van der Waals surface area contributed by atoms with Gasteiger partial charge in [0.1, 0.15) is 5.69 Å². The van der Waals surface area contributed by atoms with E-state index in [1.807, 2.05) is 6.92 Å². The molecule has 0 aliphatic rings. The van der Waals surface area contributed by atoms with Crippen LogP contribution in [0.5, 0.6) is 0 Å². The molecule has 0 saturated heterocycles. The van der Waals surface area contributed by atoms with Gasteiger partial charge in [-0.15, -0.1) is 0 Å². The minimum absolute atomic E-state index is 0.254. The first-order valence-electron chi connectivity index (χ1n) is 4.27. The molecule has 1 heterocycles. The van der Waals surface area contributed by atoms with Gasteiger partial charge in [0.2, 0.25) is 0 Å². The van der Waals surface area contributed by atoms with Crippen LogP contribution in [-0.4, -0.2) is 22.6 Å². The lowest BCUT2D eigenvalue weighted by Crippen LogP contribution is -2.02. The Kier molecular flexibility index (Phi) is 3.08. The first-order chi connectivity index (χ1) is 6.15. The van der Waals surface area contributed by atoms with Crippen molar-refractivity contribution >= 4 is 5.97 Å². The normalized spacial score (nSPS) is 10.3. The summed E-state index contributed by atoms with van der Waals surface area (Å²) in [5.41, 5.74) is 7.58. The molecule has 0 saturated carbocycles. The van der Waals surface area contributed by atoms with Crippen molar-refractivity contribution in [1.29, 1.82) is 0 Å². The number of carbonyl (C=O) groups is 1. The first kappa shape index (κ1) is 9.80. The molecule has 1 aromatic heterocycles. The molecule has 0 atom stereocenters. The topological polar surface area (TPSA) is 79.1 Å². The number of H-pyrrole nitrogens is 1. The zero-order chi connectivity index (χ0) is 9.84. The molecule has 0 spiro atoms. The van der Waals surface area contributed by atoms with Crippen LogP contribution in [0.25, 0.3) is 0 Å². The number of hydrogen-bond acceptors (Lipinski definition) is 2. The number of nitrogens with one attached hydrogen (secondary N) is 1. The maximum absolute atomic E-state index is 10.6. The maximum atomic E-state index is 10.6. The molecule has 0 aliphatic heterocycles. The Balaban J connectivity index is 2.77. The minimum Gasteiger partial charge on any atom is -0.477 e. The van der Waals surface area contributed by atoms with Gasteiger partial charge in [0, 0.05) is 5.69 Å². The van der Waals surface area contributed by atoms with Gasteiger partial charge in [-0.2, -0.15) is 0 Å². The molecular formula is C9H14N2O2. The molecule has 1 aromatic rings. The molecule has 4 N–H and O–H groups in total. The highest BCUT2D eigenvalue weighted by molar-refractivity contribution is 5.85. The third-order valence-electron chi connectivity index (χ3n) is 1.98. The summed E-state index contributed by atoms with van der Waals surface area (Å²) in [5.74, 6) is -0.915. The standard InChI is InChI=1S/C9H14N2O2/c1-6-5-8(9(12)13)11-7(6)3-2-4-10/h5,11H,2-4,10H2,1H3,(H,12,13). The van der Waals surface area contributed by atoms with Crippen LogP contribution < -0.4 is 5.73 Å². The van der Waals surface area contributed by atoms with Crippen molar-refractivity contribution in [2.75, 3.05) is 6.54 Å². The lowest BCUT2D eigenvalue weighted by atomic mass is 10.2. The van der Waals surface area contributed by atoms with Crippen molar-refractivity contribution < 1.29 is 9.90 Å². The number of carboxylic acid groups (broad SMARTS) is 1. The predicted octanol–water partition coefficient (Wildman–Crippen LogP) is 0.913. The van der Waals surface area contributed by atoms with Gasteiger partial charge < -0.3 is 15.8 Å². The molecule has 4 heteroatoms. The molecular weight excluding hydrogens is 168 g/mol. The lowest BCUT2D eigenvalue weighted by molar-refractivity contribution is 0.0691. The van der Waals surface area contributed by atoms with Crippen LogP contribution in [0.3, 0.4) is 0 Å². The Morgan fingerprint density at radius 3 is 2.85 bits per heavy atom. The summed E-state index contributed by atoms with van der Waals surface area (Å²) in [6.45, 7) is 2.52. The second-order valence-corrected chi connectivity index (χ2v) is 3.04. The van der Waals surface area contributed by atoms with E-state index in [9.17, 15) is 4.79 Å². The zero-order valence-corrected chi connectivity index (χ0v) is 7.63. The molecule has 0 unspecified atom stereocenters. The quantitative estimate of drug-likeness (QED) is 0.647. The van der Waals surface area contributed by atoms with Gasteiger partial charge >= 0.3 is 5.97 Å². The average molecular weight is 182 g/mol. The zero-order valence-electron chi connectivity index (χ0n) is 7.63. The number of aromatic amines is 1. The molecule has 0 amide bonds. The number of aromatic nitrogens is 1. The van der Waals surface area contributed by atoms with Crippen LogP contribution in [0.4, 0.5) is 0 Å². The van der Waals surface area contributed by atoms with E-state index in [0.29, 0.717) is 6.54 Å².